The zero-order valence-electron chi connectivity index (χ0n) is 9.87. The first-order valence-electron chi connectivity index (χ1n) is 5.43. The van der Waals surface area contributed by atoms with Crippen molar-refractivity contribution in [3.8, 4) is 6.07 Å². The molecule has 0 aromatic heterocycles. The Morgan fingerprint density at radius 1 is 1.22 bits per heavy atom. The van der Waals surface area contributed by atoms with Gasteiger partial charge in [-0.15, -0.1) is 0 Å². The third-order valence-corrected chi connectivity index (χ3v) is 2.67. The highest BCUT2D eigenvalue weighted by Gasteiger charge is 2.07. The van der Waals surface area contributed by atoms with Crippen LogP contribution in [0, 0.1) is 24.1 Å². The van der Waals surface area contributed by atoms with E-state index in [1.165, 1.54) is 12.1 Å². The summed E-state index contributed by atoms with van der Waals surface area (Å²) in [6, 6.07) is 11.7. The van der Waals surface area contributed by atoms with Crippen LogP contribution in [0.4, 0.5) is 21.5 Å². The first-order chi connectivity index (χ1) is 8.61. The lowest BCUT2D eigenvalue weighted by atomic mass is 10.1. The summed E-state index contributed by atoms with van der Waals surface area (Å²) < 4.78 is 12.9. The Morgan fingerprint density at radius 2 is 2.00 bits per heavy atom. The number of hydrogen-bond acceptors (Lipinski definition) is 3. The summed E-state index contributed by atoms with van der Waals surface area (Å²) in [5.74, 6) is -0.386. The molecule has 18 heavy (non-hydrogen) atoms. The van der Waals surface area contributed by atoms with Gasteiger partial charge in [0.2, 0.25) is 0 Å². The number of aryl methyl sites for hydroxylation is 1. The van der Waals surface area contributed by atoms with Gasteiger partial charge in [-0.3, -0.25) is 0 Å². The maximum absolute atomic E-state index is 12.9. The number of nitrogen functional groups attached to an aromatic ring is 1. The first kappa shape index (κ1) is 11.9. The van der Waals surface area contributed by atoms with Crippen LogP contribution in [-0.4, -0.2) is 0 Å². The molecule has 2 aromatic rings. The van der Waals surface area contributed by atoms with Crippen molar-refractivity contribution in [1.29, 1.82) is 5.26 Å². The van der Waals surface area contributed by atoms with E-state index in [1.807, 2.05) is 19.1 Å². The molecule has 3 nitrogen and oxygen atoms in total. The second kappa shape index (κ2) is 4.76. The van der Waals surface area contributed by atoms with E-state index < -0.39 is 0 Å². The lowest BCUT2D eigenvalue weighted by Gasteiger charge is -2.11. The number of nitriles is 1. The summed E-state index contributed by atoms with van der Waals surface area (Å²) in [4.78, 5) is 0. The second-order valence-corrected chi connectivity index (χ2v) is 3.97. The van der Waals surface area contributed by atoms with Gasteiger partial charge in [0.15, 0.2) is 0 Å². The van der Waals surface area contributed by atoms with E-state index in [9.17, 15) is 4.39 Å². The molecular formula is C14H12FN3. The number of rotatable bonds is 2. The lowest BCUT2D eigenvalue weighted by Crippen LogP contribution is -1.99. The molecule has 2 rings (SSSR count). The average Bonchev–Trinajstić information content (AvgIpc) is 2.33. The fraction of sp³-hybridized carbons (Fsp3) is 0.0714. The molecular weight excluding hydrogens is 229 g/mol. The number of anilines is 3. The summed E-state index contributed by atoms with van der Waals surface area (Å²) in [6.07, 6.45) is 0. The van der Waals surface area contributed by atoms with E-state index in [1.54, 1.807) is 12.1 Å². The maximum atomic E-state index is 12.9. The number of hydrogen-bond donors (Lipinski definition) is 2. The van der Waals surface area contributed by atoms with Crippen LogP contribution in [-0.2, 0) is 0 Å². The molecule has 0 heterocycles. The summed E-state index contributed by atoms with van der Waals surface area (Å²) in [5.41, 5.74) is 8.70. The topological polar surface area (TPSA) is 61.8 Å². The fourth-order valence-electron chi connectivity index (χ4n) is 1.71. The lowest BCUT2D eigenvalue weighted by molar-refractivity contribution is 0.628. The van der Waals surface area contributed by atoms with Gasteiger partial charge < -0.3 is 11.1 Å². The number of nitrogens with one attached hydrogen (secondary N) is 1. The molecule has 0 bridgehead atoms. The van der Waals surface area contributed by atoms with Gasteiger partial charge in [-0.1, -0.05) is 12.1 Å². The molecule has 0 radical (unpaired) electrons. The minimum atomic E-state index is -0.386. The minimum absolute atomic E-state index is 0.306. The summed E-state index contributed by atoms with van der Waals surface area (Å²) in [6.45, 7) is 1.86. The molecule has 0 aliphatic heterocycles. The zero-order valence-corrected chi connectivity index (χ0v) is 9.87. The van der Waals surface area contributed by atoms with Crippen LogP contribution in [0.2, 0.25) is 0 Å². The minimum Gasteiger partial charge on any atom is -0.397 e. The Labute approximate surface area is 105 Å². The van der Waals surface area contributed by atoms with Crippen molar-refractivity contribution >= 4 is 17.1 Å². The van der Waals surface area contributed by atoms with Gasteiger partial charge in [0.1, 0.15) is 11.9 Å². The molecule has 0 atom stereocenters. The maximum Gasteiger partial charge on any atom is 0.125 e. The molecule has 0 spiro atoms. The van der Waals surface area contributed by atoms with Crippen molar-refractivity contribution in [3.63, 3.8) is 0 Å². The molecule has 0 amide bonds. The number of nitrogens with zero attached hydrogens (tertiary/aromatic N) is 1. The van der Waals surface area contributed by atoms with Crippen LogP contribution in [0.1, 0.15) is 11.1 Å². The monoisotopic (exact) mass is 241 g/mol. The second-order valence-electron chi connectivity index (χ2n) is 3.97. The molecule has 0 aliphatic carbocycles. The predicted octanol–water partition coefficient (Wildman–Crippen LogP) is 3.33. The Bertz CT molecular complexity index is 629. The Kier molecular flexibility index (Phi) is 3.16. The molecule has 0 saturated carbocycles. The van der Waals surface area contributed by atoms with Gasteiger partial charge >= 0.3 is 0 Å². The summed E-state index contributed by atoms with van der Waals surface area (Å²) in [7, 11) is 0. The highest BCUT2D eigenvalue weighted by Crippen LogP contribution is 2.27. The molecule has 2 aromatic carbocycles. The van der Waals surface area contributed by atoms with Gasteiger partial charge in [0.25, 0.3) is 0 Å². The third kappa shape index (κ3) is 2.25. The zero-order chi connectivity index (χ0) is 13.1. The van der Waals surface area contributed by atoms with Crippen molar-refractivity contribution < 1.29 is 4.39 Å². The molecule has 0 aliphatic rings. The normalized spacial score (nSPS) is 9.83. The van der Waals surface area contributed by atoms with Crippen LogP contribution >= 0.6 is 0 Å². The molecule has 3 N–H and O–H groups in total. The molecule has 0 unspecified atom stereocenters. The Hall–Kier alpha value is -2.54. The van der Waals surface area contributed by atoms with E-state index >= 15 is 0 Å². The van der Waals surface area contributed by atoms with Crippen LogP contribution in [0.5, 0.6) is 0 Å². The van der Waals surface area contributed by atoms with E-state index in [0.29, 0.717) is 22.6 Å². The van der Waals surface area contributed by atoms with E-state index in [4.69, 9.17) is 11.0 Å². The standard InChI is InChI=1S/C14H12FN3/c1-9-3-2-4-13(11(9)8-16)18-14-6-5-10(15)7-12(14)17/h2-7,18H,17H2,1H3. The van der Waals surface area contributed by atoms with Crippen molar-refractivity contribution in [2.45, 2.75) is 6.92 Å². The summed E-state index contributed by atoms with van der Waals surface area (Å²) in [5, 5.41) is 12.2. The average molecular weight is 241 g/mol. The number of nitrogens with two attached hydrogens (primary N) is 1. The Balaban J connectivity index is 2.41. The van der Waals surface area contributed by atoms with E-state index in [-0.39, 0.29) is 5.82 Å². The van der Waals surface area contributed by atoms with Gasteiger partial charge in [-0.05, 0) is 36.8 Å². The molecule has 90 valence electrons. The van der Waals surface area contributed by atoms with Crippen molar-refractivity contribution in [2.75, 3.05) is 11.1 Å². The fourth-order valence-corrected chi connectivity index (χ4v) is 1.71. The first-order valence-corrected chi connectivity index (χ1v) is 5.43. The van der Waals surface area contributed by atoms with Gasteiger partial charge in [-0.25, -0.2) is 4.39 Å². The third-order valence-electron chi connectivity index (χ3n) is 2.67. The summed E-state index contributed by atoms with van der Waals surface area (Å²) >= 11 is 0. The highest BCUT2D eigenvalue weighted by atomic mass is 19.1. The molecule has 0 saturated heterocycles. The van der Waals surface area contributed by atoms with Crippen molar-refractivity contribution in [2.24, 2.45) is 0 Å². The van der Waals surface area contributed by atoms with Crippen molar-refractivity contribution in [1.82, 2.24) is 0 Å². The van der Waals surface area contributed by atoms with Crippen molar-refractivity contribution in [3.05, 3.63) is 53.3 Å². The van der Waals surface area contributed by atoms with Crippen LogP contribution in [0.25, 0.3) is 0 Å². The van der Waals surface area contributed by atoms with Crippen LogP contribution in [0.15, 0.2) is 36.4 Å². The molecule has 0 fully saturated rings. The van der Waals surface area contributed by atoms with Gasteiger partial charge in [-0.2, -0.15) is 5.26 Å². The molecule has 4 heteroatoms. The van der Waals surface area contributed by atoms with Gasteiger partial charge in [0, 0.05) is 0 Å². The van der Waals surface area contributed by atoms with E-state index in [2.05, 4.69) is 11.4 Å². The predicted molar refractivity (Wildman–Crippen MR) is 70.0 cm³/mol. The highest BCUT2D eigenvalue weighted by molar-refractivity contribution is 5.75. The quantitative estimate of drug-likeness (QED) is 0.793. The largest absolute Gasteiger partial charge is 0.397 e. The van der Waals surface area contributed by atoms with Crippen LogP contribution in [0.3, 0.4) is 0 Å². The smallest absolute Gasteiger partial charge is 0.125 e. The number of halogens is 1. The van der Waals surface area contributed by atoms with Crippen LogP contribution < -0.4 is 11.1 Å². The Morgan fingerprint density at radius 3 is 2.67 bits per heavy atom. The van der Waals surface area contributed by atoms with Gasteiger partial charge in [0.05, 0.1) is 22.6 Å². The number of benzene rings is 2. The SMILES string of the molecule is Cc1cccc(Nc2ccc(F)cc2N)c1C#N. The van der Waals surface area contributed by atoms with E-state index in [0.717, 1.165) is 5.56 Å².